The molecule has 0 spiro atoms. The minimum Gasteiger partial charge on any atom is -0.323 e. The molecule has 0 aromatic carbocycles. The van der Waals surface area contributed by atoms with Gasteiger partial charge in [0.2, 0.25) is 0 Å². The van der Waals surface area contributed by atoms with Crippen molar-refractivity contribution in [1.29, 1.82) is 0 Å². The first kappa shape index (κ1) is 89.8. The molecule has 468 valence electrons. The molecule has 0 N–H and O–H groups in total. The van der Waals surface area contributed by atoms with E-state index in [0.29, 0.717) is 5.82 Å². The Hall–Kier alpha value is -8.74. The van der Waals surface area contributed by atoms with Crippen molar-refractivity contribution in [1.82, 2.24) is 159 Å². The molecule has 82 heavy (non-hydrogen) atoms. The maximum Gasteiger partial charge on any atom is 0.171 e. The summed E-state index contributed by atoms with van der Waals surface area (Å²) >= 11 is 0. The van der Waals surface area contributed by atoms with Gasteiger partial charge in [-0.15, -0.1) is 45.9 Å². The van der Waals surface area contributed by atoms with Crippen LogP contribution in [-0.2, 0) is 70.5 Å². The van der Waals surface area contributed by atoms with E-state index in [2.05, 4.69) is 113 Å². The molecular formula is C50H108N32. The summed E-state index contributed by atoms with van der Waals surface area (Å²) < 4.78 is 11.9. The van der Waals surface area contributed by atoms with Crippen LogP contribution in [-0.4, -0.2) is 159 Å². The van der Waals surface area contributed by atoms with Crippen molar-refractivity contribution < 1.29 is 0 Å². The second kappa shape index (κ2) is 68.4. The third-order valence-corrected chi connectivity index (χ3v) is 7.08. The molecule has 0 unspecified atom stereocenters. The lowest BCUT2D eigenvalue weighted by molar-refractivity contribution is 0.629. The highest BCUT2D eigenvalue weighted by molar-refractivity contribution is 5.02. The average Bonchev–Trinajstić information content (AvgIpc) is 4.34. The summed E-state index contributed by atoms with van der Waals surface area (Å²) in [4.78, 5) is 11.8. The van der Waals surface area contributed by atoms with E-state index in [1.807, 2.05) is 199 Å². The summed E-state index contributed by atoms with van der Waals surface area (Å²) in [5, 5.41) is 73.5. The van der Waals surface area contributed by atoms with Crippen LogP contribution in [0.15, 0.2) is 75.1 Å². The highest BCUT2D eigenvalue weighted by atomic mass is 15.6. The third-order valence-electron chi connectivity index (χ3n) is 7.08. The van der Waals surface area contributed by atoms with Crippen molar-refractivity contribution >= 4 is 0 Å². The van der Waals surface area contributed by atoms with Crippen molar-refractivity contribution in [3.63, 3.8) is 0 Å². The van der Waals surface area contributed by atoms with Gasteiger partial charge in [0.15, 0.2) is 5.82 Å². The summed E-state index contributed by atoms with van der Waals surface area (Å²) in [5.74, 6) is 3.47. The highest BCUT2D eigenvalue weighted by Gasteiger charge is 1.96. The van der Waals surface area contributed by atoms with Crippen LogP contribution in [0.25, 0.3) is 0 Å². The Morgan fingerprint density at radius 3 is 0.817 bits per heavy atom. The molecule has 0 aliphatic rings. The van der Waals surface area contributed by atoms with E-state index < -0.39 is 0 Å². The molecule has 0 radical (unpaired) electrons. The van der Waals surface area contributed by atoms with Crippen LogP contribution < -0.4 is 0 Å². The van der Waals surface area contributed by atoms with Gasteiger partial charge in [0.05, 0.1) is 43.2 Å². The predicted molar refractivity (Wildman–Crippen MR) is 325 cm³/mol. The summed E-state index contributed by atoms with van der Waals surface area (Å²) in [6.07, 6.45) is 19.7. The molecule has 10 rings (SSSR count). The fourth-order valence-corrected chi connectivity index (χ4v) is 3.37. The zero-order valence-electron chi connectivity index (χ0n) is 56.2. The second-order valence-electron chi connectivity index (χ2n) is 12.8. The second-order valence-corrected chi connectivity index (χ2v) is 12.8. The fraction of sp³-hybridized carbons (Fsp3) is 0.640. The molecule has 32 nitrogen and oxygen atoms in total. The topological polar surface area (TPSA) is 333 Å². The monoisotopic (exact) mass is 1160 g/mol. The average molecular weight is 1160 g/mol. The van der Waals surface area contributed by atoms with Gasteiger partial charge in [0.25, 0.3) is 0 Å². The normalized spacial score (nSPS) is 8.00. The molecule has 0 bridgehead atoms. The number of aryl methyl sites for hydroxylation is 15. The van der Waals surface area contributed by atoms with Gasteiger partial charge < -0.3 is 9.13 Å². The zero-order valence-corrected chi connectivity index (χ0v) is 56.2. The van der Waals surface area contributed by atoms with Crippen LogP contribution in [0.2, 0.25) is 0 Å². The summed E-state index contributed by atoms with van der Waals surface area (Å²) in [5.41, 5.74) is 2.01. The first-order valence-electron chi connectivity index (χ1n) is 27.2. The van der Waals surface area contributed by atoms with Crippen molar-refractivity contribution in [3.8, 4) is 0 Å². The number of nitrogens with zero attached hydrogens (tertiary/aromatic N) is 32. The molecule has 0 saturated heterocycles. The Bertz CT molecular complexity index is 2230. The Labute approximate surface area is 490 Å². The Kier molecular flexibility index (Phi) is 74.9. The number of hydrogen-bond donors (Lipinski definition) is 0. The van der Waals surface area contributed by atoms with Gasteiger partial charge in [-0.2, -0.15) is 45.0 Å². The Balaban J connectivity index is -0.000000120. The van der Waals surface area contributed by atoms with E-state index in [-0.39, 0.29) is 0 Å². The first-order valence-corrected chi connectivity index (χ1v) is 27.2. The summed E-state index contributed by atoms with van der Waals surface area (Å²) in [6.45, 7) is 43.4. The first-order chi connectivity index (χ1) is 39.4. The smallest absolute Gasteiger partial charge is 0.171 e. The van der Waals surface area contributed by atoms with Crippen LogP contribution >= 0.6 is 0 Å². The van der Waals surface area contributed by atoms with E-state index in [0.717, 1.165) is 28.9 Å². The van der Waals surface area contributed by atoms with Gasteiger partial charge in [0, 0.05) is 75.8 Å². The van der Waals surface area contributed by atoms with E-state index in [1.54, 1.807) is 123 Å². The number of hydrogen-bond acceptors (Lipinski definition) is 22. The minimum atomic E-state index is 0.711. The SMILES string of the molecule is CC.CC.CC.CC.CC.CC.CC.CC.Cc1nn(C)nc1C.Cc1nnc(C)n1C.Cc1nnn(C)n1.Cc1nnnn1C.Cn1ccnn1.Cn1ccnn1.Cn1cncn1.Cn1cncn1.Cn1cnnc1.Cn1nccn1. The lowest BCUT2D eigenvalue weighted by atomic mass is 10.4. The van der Waals surface area contributed by atoms with Gasteiger partial charge in [-0.05, 0) is 57.2 Å². The van der Waals surface area contributed by atoms with Crippen molar-refractivity contribution in [2.75, 3.05) is 0 Å². The van der Waals surface area contributed by atoms with Gasteiger partial charge in [-0.25, -0.2) is 14.6 Å². The van der Waals surface area contributed by atoms with Crippen LogP contribution in [0.5, 0.6) is 0 Å². The lowest BCUT2D eigenvalue weighted by Gasteiger charge is -1.90. The molecule has 0 fully saturated rings. The van der Waals surface area contributed by atoms with Crippen LogP contribution in [0.4, 0.5) is 0 Å². The van der Waals surface area contributed by atoms with Crippen molar-refractivity contribution in [2.24, 2.45) is 70.5 Å². The molecule has 10 aromatic rings. The fourth-order valence-electron chi connectivity index (χ4n) is 3.37. The molecule has 0 saturated carbocycles. The molecule has 32 heteroatoms. The standard InChI is InChI=1S/2C5H9N3.2C3H6N4.6C3H5N3.8C2H6/c1-4-6-7-5(2)8(4)3;1-4-5(2)7-8(3)6-4;1-3-4-5-6-7(3)2;1-3-4-6-7(2)5-3;1-6-2-4-5-3-6;2*1-6-3-4-2-5-6;2*1-6-3-2-4-5-6;1-6-4-2-3-5-6;8*1-2/h2*1-3H3;2*1-2H3;6*2-3H,1H3;8*1-2H3. The van der Waals surface area contributed by atoms with Crippen LogP contribution in [0.3, 0.4) is 0 Å². The minimum absolute atomic E-state index is 0.711. The van der Waals surface area contributed by atoms with E-state index in [1.165, 1.54) is 22.2 Å². The van der Waals surface area contributed by atoms with E-state index >= 15 is 0 Å². The molecule has 0 atom stereocenters. The zero-order chi connectivity index (χ0) is 65.3. The van der Waals surface area contributed by atoms with Gasteiger partial charge >= 0.3 is 0 Å². The molecule has 0 aliphatic heterocycles. The molecular weight excluding hydrogens is 1050 g/mol. The van der Waals surface area contributed by atoms with E-state index in [4.69, 9.17) is 0 Å². The van der Waals surface area contributed by atoms with Crippen LogP contribution in [0.1, 0.15) is 145 Å². The van der Waals surface area contributed by atoms with Gasteiger partial charge in [-0.1, -0.05) is 121 Å². The van der Waals surface area contributed by atoms with Gasteiger partial charge in [-0.3, -0.25) is 18.7 Å². The molecule has 0 aliphatic carbocycles. The molecule has 10 aromatic heterocycles. The molecule has 0 amide bonds. The van der Waals surface area contributed by atoms with Crippen LogP contribution in [0, 0.1) is 41.5 Å². The Morgan fingerprint density at radius 2 is 0.720 bits per heavy atom. The summed E-state index contributed by atoms with van der Waals surface area (Å²) in [6, 6.07) is 0. The maximum absolute atomic E-state index is 4.02. The number of rotatable bonds is 0. The van der Waals surface area contributed by atoms with Crippen molar-refractivity contribution in [3.05, 3.63) is 110 Å². The van der Waals surface area contributed by atoms with Gasteiger partial charge in [0.1, 0.15) is 55.4 Å². The highest BCUT2D eigenvalue weighted by Crippen LogP contribution is 1.94. The largest absolute Gasteiger partial charge is 0.323 e. The van der Waals surface area contributed by atoms with Crippen molar-refractivity contribution in [2.45, 2.75) is 152 Å². The third kappa shape index (κ3) is 58.9. The van der Waals surface area contributed by atoms with E-state index in [9.17, 15) is 0 Å². The number of aromatic nitrogens is 32. The lowest BCUT2D eigenvalue weighted by Crippen LogP contribution is -1.92. The summed E-state index contributed by atoms with van der Waals surface area (Å²) in [7, 11) is 18.3. The number of tetrazole rings is 2. The Morgan fingerprint density at radius 1 is 0.329 bits per heavy atom. The quantitative estimate of drug-likeness (QED) is 0.147. The predicted octanol–water partition coefficient (Wildman–Crippen LogP) is 7.00. The maximum atomic E-state index is 4.02. The molecule has 10 heterocycles.